The lowest BCUT2D eigenvalue weighted by Crippen LogP contribution is -2.48. The third-order valence-electron chi connectivity index (χ3n) is 2.76. The fraction of sp³-hybridized carbons (Fsp3) is 0.385. The van der Waals surface area contributed by atoms with E-state index >= 15 is 0 Å². The summed E-state index contributed by atoms with van der Waals surface area (Å²) in [5.41, 5.74) is 4.78. The lowest BCUT2D eigenvalue weighted by atomic mass is 10.0. The van der Waals surface area contributed by atoms with Crippen LogP contribution in [0.5, 0.6) is 0 Å². The second-order valence-electron chi connectivity index (χ2n) is 4.85. The molecule has 0 bridgehead atoms. The Morgan fingerprint density at radius 2 is 1.76 bits per heavy atom. The van der Waals surface area contributed by atoms with Gasteiger partial charge in [-0.05, 0) is 30.2 Å². The Kier molecular flexibility index (Phi) is 5.17. The van der Waals surface area contributed by atoms with E-state index in [1.54, 1.807) is 13.8 Å². The van der Waals surface area contributed by atoms with Crippen LogP contribution in [0.15, 0.2) is 24.3 Å². The van der Waals surface area contributed by atoms with Gasteiger partial charge in [-0.15, -0.1) is 0 Å². The number of carbonyl (C=O) groups excluding carboxylic acids is 1. The molecule has 5 N–H and O–H groups in total. The average Bonchev–Trinajstić information content (AvgIpc) is 2.34. The smallest absolute Gasteiger partial charge is 0.386 e. The van der Waals surface area contributed by atoms with Crippen LogP contribution in [-0.4, -0.2) is 17.9 Å². The minimum Gasteiger partial charge on any atom is -0.386 e. The van der Waals surface area contributed by atoms with Crippen LogP contribution in [0, 0.1) is 11.3 Å². The summed E-state index contributed by atoms with van der Waals surface area (Å²) >= 11 is 0. The van der Waals surface area contributed by atoms with Crippen molar-refractivity contribution in [1.29, 1.82) is 5.41 Å². The zero-order valence-electron chi connectivity index (χ0n) is 11.6. The minimum atomic E-state index is -4.42. The van der Waals surface area contributed by atoms with Gasteiger partial charge in [-0.3, -0.25) is 5.41 Å². The van der Waals surface area contributed by atoms with Gasteiger partial charge in [0.2, 0.25) is 0 Å². The van der Waals surface area contributed by atoms with Crippen LogP contribution in [0.4, 0.5) is 23.7 Å². The standard InChI is InChI=1S/C13H17F3N4O/c1-7(2)10(11(17)18)20-12(21)19-9-5-3-8(4-6-9)13(14,15)16/h3-7,10H,1-2H3,(H3,17,18)(H2,19,20,21). The zero-order valence-corrected chi connectivity index (χ0v) is 11.6. The van der Waals surface area contributed by atoms with Crippen LogP contribution in [0.1, 0.15) is 19.4 Å². The molecule has 1 rings (SSSR count). The van der Waals surface area contributed by atoms with E-state index in [2.05, 4.69) is 10.6 Å². The summed E-state index contributed by atoms with van der Waals surface area (Å²) in [5.74, 6) is -0.270. The molecule has 0 fully saturated rings. The van der Waals surface area contributed by atoms with Crippen molar-refractivity contribution in [3.05, 3.63) is 29.8 Å². The van der Waals surface area contributed by atoms with Crippen molar-refractivity contribution in [3.8, 4) is 0 Å². The number of benzene rings is 1. The van der Waals surface area contributed by atoms with Gasteiger partial charge in [0, 0.05) is 5.69 Å². The van der Waals surface area contributed by atoms with Gasteiger partial charge in [0.1, 0.15) is 5.84 Å². The number of halogens is 3. The number of rotatable bonds is 4. The molecule has 0 aromatic heterocycles. The highest BCUT2D eigenvalue weighted by Gasteiger charge is 2.30. The molecule has 0 heterocycles. The first-order chi connectivity index (χ1) is 9.61. The number of nitrogens with two attached hydrogens (primary N) is 1. The number of hydrogen-bond donors (Lipinski definition) is 4. The highest BCUT2D eigenvalue weighted by atomic mass is 19.4. The molecule has 0 aliphatic rings. The summed E-state index contributed by atoms with van der Waals surface area (Å²) in [4.78, 5) is 11.7. The maximum atomic E-state index is 12.4. The lowest BCUT2D eigenvalue weighted by Gasteiger charge is -2.21. The number of amides is 2. The van der Waals surface area contributed by atoms with Gasteiger partial charge in [0.15, 0.2) is 0 Å². The van der Waals surface area contributed by atoms with Crippen LogP contribution < -0.4 is 16.4 Å². The SMILES string of the molecule is CC(C)C(NC(=O)Nc1ccc(C(F)(F)F)cc1)C(=N)N. The Hall–Kier alpha value is -2.25. The largest absolute Gasteiger partial charge is 0.416 e. The zero-order chi connectivity index (χ0) is 16.2. The number of amidine groups is 1. The Balaban J connectivity index is 2.69. The normalized spacial score (nSPS) is 12.9. The van der Waals surface area contributed by atoms with E-state index in [1.807, 2.05) is 0 Å². The molecule has 0 radical (unpaired) electrons. The Bertz CT molecular complexity index is 511. The van der Waals surface area contributed by atoms with Gasteiger partial charge in [-0.25, -0.2) is 4.79 Å². The van der Waals surface area contributed by atoms with Crippen molar-refractivity contribution < 1.29 is 18.0 Å². The lowest BCUT2D eigenvalue weighted by molar-refractivity contribution is -0.137. The first-order valence-corrected chi connectivity index (χ1v) is 6.20. The molecule has 1 atom stereocenters. The molecule has 8 heteroatoms. The van der Waals surface area contributed by atoms with E-state index in [9.17, 15) is 18.0 Å². The molecule has 2 amide bonds. The highest BCUT2D eigenvalue weighted by molar-refractivity contribution is 5.94. The van der Waals surface area contributed by atoms with Crippen molar-refractivity contribution in [1.82, 2.24) is 5.32 Å². The number of carbonyl (C=O) groups is 1. The average molecular weight is 302 g/mol. The molecule has 21 heavy (non-hydrogen) atoms. The van der Waals surface area contributed by atoms with Crippen molar-refractivity contribution in [2.45, 2.75) is 26.1 Å². The maximum Gasteiger partial charge on any atom is 0.416 e. The predicted octanol–water partition coefficient (Wildman–Crippen LogP) is 2.79. The van der Waals surface area contributed by atoms with Crippen molar-refractivity contribution in [2.24, 2.45) is 11.7 Å². The number of nitrogens with one attached hydrogen (secondary N) is 3. The first kappa shape index (κ1) is 16.8. The molecule has 1 aromatic carbocycles. The van der Waals surface area contributed by atoms with Crippen molar-refractivity contribution in [2.75, 3.05) is 5.32 Å². The van der Waals surface area contributed by atoms with Gasteiger partial charge in [-0.1, -0.05) is 13.8 Å². The predicted molar refractivity (Wildman–Crippen MR) is 74.1 cm³/mol. The number of urea groups is 1. The Morgan fingerprint density at radius 3 is 2.14 bits per heavy atom. The summed E-state index contributed by atoms with van der Waals surface area (Å²) in [6.07, 6.45) is -4.42. The summed E-state index contributed by atoms with van der Waals surface area (Å²) in [6, 6.07) is 2.78. The van der Waals surface area contributed by atoms with Gasteiger partial charge >= 0.3 is 12.2 Å². The minimum absolute atomic E-state index is 0.0825. The third kappa shape index (κ3) is 4.97. The molecule has 0 saturated carbocycles. The van der Waals surface area contributed by atoms with E-state index in [1.165, 1.54) is 0 Å². The molecule has 0 spiro atoms. The number of anilines is 1. The molecule has 0 aliphatic heterocycles. The fourth-order valence-corrected chi connectivity index (χ4v) is 1.65. The molecule has 0 aliphatic carbocycles. The third-order valence-corrected chi connectivity index (χ3v) is 2.76. The molecule has 1 aromatic rings. The van der Waals surface area contributed by atoms with E-state index in [0.717, 1.165) is 24.3 Å². The molecule has 116 valence electrons. The van der Waals surface area contributed by atoms with Crippen LogP contribution in [-0.2, 0) is 6.18 Å². The maximum absolute atomic E-state index is 12.4. The van der Waals surface area contributed by atoms with E-state index in [4.69, 9.17) is 11.1 Å². The van der Waals surface area contributed by atoms with Crippen LogP contribution in [0.3, 0.4) is 0 Å². The van der Waals surface area contributed by atoms with Gasteiger partial charge in [-0.2, -0.15) is 13.2 Å². The number of hydrogen-bond acceptors (Lipinski definition) is 2. The van der Waals surface area contributed by atoms with Gasteiger partial charge < -0.3 is 16.4 Å². The van der Waals surface area contributed by atoms with E-state index in [0.29, 0.717) is 0 Å². The van der Waals surface area contributed by atoms with Crippen molar-refractivity contribution >= 4 is 17.6 Å². The second kappa shape index (κ2) is 6.47. The van der Waals surface area contributed by atoms with Gasteiger partial charge in [0.25, 0.3) is 0 Å². The monoisotopic (exact) mass is 302 g/mol. The van der Waals surface area contributed by atoms with Crippen molar-refractivity contribution in [3.63, 3.8) is 0 Å². The quantitative estimate of drug-likeness (QED) is 0.509. The summed E-state index contributed by atoms with van der Waals surface area (Å²) in [6.45, 7) is 3.56. The van der Waals surface area contributed by atoms with Crippen LogP contribution >= 0.6 is 0 Å². The summed E-state index contributed by atoms with van der Waals surface area (Å²) < 4.78 is 37.2. The topological polar surface area (TPSA) is 91.0 Å². The van der Waals surface area contributed by atoms with Crippen LogP contribution in [0.25, 0.3) is 0 Å². The van der Waals surface area contributed by atoms with Crippen LogP contribution in [0.2, 0.25) is 0 Å². The van der Waals surface area contributed by atoms with E-state index in [-0.39, 0.29) is 17.4 Å². The number of alkyl halides is 3. The first-order valence-electron chi connectivity index (χ1n) is 6.20. The summed E-state index contributed by atoms with van der Waals surface area (Å²) in [7, 11) is 0. The second-order valence-corrected chi connectivity index (χ2v) is 4.85. The van der Waals surface area contributed by atoms with E-state index < -0.39 is 23.8 Å². The Labute approximate surface area is 120 Å². The molecule has 0 saturated heterocycles. The summed E-state index contributed by atoms with van der Waals surface area (Å²) in [5, 5.41) is 12.2. The Morgan fingerprint density at radius 1 is 1.24 bits per heavy atom. The molecular formula is C13H17F3N4O. The van der Waals surface area contributed by atoms with Gasteiger partial charge in [0.05, 0.1) is 11.6 Å². The molecular weight excluding hydrogens is 285 g/mol. The highest BCUT2D eigenvalue weighted by Crippen LogP contribution is 2.29. The molecule has 1 unspecified atom stereocenters. The molecule has 5 nitrogen and oxygen atoms in total. The fourth-order valence-electron chi connectivity index (χ4n) is 1.65.